The minimum Gasteiger partial charge on any atom is -0.493 e. The molecule has 1 fully saturated rings. The summed E-state index contributed by atoms with van der Waals surface area (Å²) in [4.78, 5) is 0. The molecule has 0 amide bonds. The summed E-state index contributed by atoms with van der Waals surface area (Å²) >= 11 is 0. The van der Waals surface area contributed by atoms with E-state index in [1.165, 1.54) is 7.11 Å². The van der Waals surface area contributed by atoms with Gasteiger partial charge in [0, 0.05) is 6.04 Å². The van der Waals surface area contributed by atoms with Crippen molar-refractivity contribution in [2.75, 3.05) is 13.7 Å². The monoisotopic (exact) mass is 257 g/mol. The molecule has 1 aliphatic heterocycles. The average Bonchev–Trinajstić information content (AvgIpc) is 2.83. The van der Waals surface area contributed by atoms with Crippen LogP contribution in [0.1, 0.15) is 18.4 Å². The molecule has 1 N–H and O–H groups in total. The van der Waals surface area contributed by atoms with Gasteiger partial charge in [0.1, 0.15) is 0 Å². The van der Waals surface area contributed by atoms with Crippen molar-refractivity contribution in [1.29, 1.82) is 0 Å². The lowest BCUT2D eigenvalue weighted by Crippen LogP contribution is -2.24. The average molecular weight is 257 g/mol. The number of halogens is 2. The Morgan fingerprint density at radius 3 is 2.89 bits per heavy atom. The smallest absolute Gasteiger partial charge is 0.387 e. The summed E-state index contributed by atoms with van der Waals surface area (Å²) < 4.78 is 34.5. The van der Waals surface area contributed by atoms with Crippen LogP contribution in [0.25, 0.3) is 0 Å². The van der Waals surface area contributed by atoms with Crippen LogP contribution in [0.3, 0.4) is 0 Å². The van der Waals surface area contributed by atoms with Crippen molar-refractivity contribution in [3.05, 3.63) is 23.8 Å². The second-order valence-electron chi connectivity index (χ2n) is 4.32. The van der Waals surface area contributed by atoms with E-state index >= 15 is 0 Å². The highest BCUT2D eigenvalue weighted by Crippen LogP contribution is 2.33. The number of benzene rings is 1. The van der Waals surface area contributed by atoms with Gasteiger partial charge in [-0.1, -0.05) is 12.1 Å². The Kier molecular flexibility index (Phi) is 4.36. The van der Waals surface area contributed by atoms with Crippen molar-refractivity contribution in [3.63, 3.8) is 0 Å². The van der Waals surface area contributed by atoms with Gasteiger partial charge in [-0.15, -0.1) is 0 Å². The van der Waals surface area contributed by atoms with Gasteiger partial charge in [0.15, 0.2) is 11.5 Å². The molecule has 1 atom stereocenters. The predicted octanol–water partition coefficient (Wildman–Crippen LogP) is 2.59. The van der Waals surface area contributed by atoms with Gasteiger partial charge in [0.2, 0.25) is 0 Å². The Labute approximate surface area is 105 Å². The van der Waals surface area contributed by atoms with Crippen molar-refractivity contribution in [2.24, 2.45) is 0 Å². The zero-order chi connectivity index (χ0) is 13.0. The highest BCUT2D eigenvalue weighted by Gasteiger charge is 2.20. The normalized spacial score (nSPS) is 19.2. The highest BCUT2D eigenvalue weighted by molar-refractivity contribution is 5.47. The fraction of sp³-hybridized carbons (Fsp3) is 0.538. The Hall–Kier alpha value is -1.36. The molecule has 1 heterocycles. The molecule has 0 aliphatic carbocycles. The molecular formula is C13H17F2NO2. The maximum atomic E-state index is 12.4. The third kappa shape index (κ3) is 3.10. The summed E-state index contributed by atoms with van der Waals surface area (Å²) in [5, 5.41) is 3.34. The molecule has 2 rings (SSSR count). The summed E-state index contributed by atoms with van der Waals surface area (Å²) in [5.41, 5.74) is 0.758. The van der Waals surface area contributed by atoms with Gasteiger partial charge < -0.3 is 14.8 Å². The molecule has 0 aromatic heterocycles. The first-order valence-corrected chi connectivity index (χ1v) is 6.04. The zero-order valence-corrected chi connectivity index (χ0v) is 10.3. The van der Waals surface area contributed by atoms with E-state index in [0.717, 1.165) is 24.9 Å². The van der Waals surface area contributed by atoms with E-state index in [9.17, 15) is 8.78 Å². The van der Waals surface area contributed by atoms with E-state index in [1.807, 2.05) is 0 Å². The van der Waals surface area contributed by atoms with Crippen LogP contribution in [0.4, 0.5) is 8.78 Å². The number of methoxy groups -OCH3 is 1. The molecule has 0 spiro atoms. The number of ether oxygens (including phenoxy) is 2. The largest absolute Gasteiger partial charge is 0.493 e. The second-order valence-corrected chi connectivity index (χ2v) is 4.32. The molecule has 0 bridgehead atoms. The lowest BCUT2D eigenvalue weighted by molar-refractivity contribution is -0.0518. The molecule has 1 unspecified atom stereocenters. The van der Waals surface area contributed by atoms with Gasteiger partial charge in [0.25, 0.3) is 0 Å². The Balaban J connectivity index is 2.20. The molecule has 100 valence electrons. The van der Waals surface area contributed by atoms with Gasteiger partial charge in [0.05, 0.1) is 7.11 Å². The lowest BCUT2D eigenvalue weighted by Gasteiger charge is -2.17. The first-order valence-electron chi connectivity index (χ1n) is 6.04. The summed E-state index contributed by atoms with van der Waals surface area (Å²) in [6.45, 7) is -1.85. The maximum absolute atomic E-state index is 12.4. The topological polar surface area (TPSA) is 30.5 Å². The Morgan fingerprint density at radius 2 is 2.28 bits per heavy atom. The van der Waals surface area contributed by atoms with Gasteiger partial charge in [-0.25, -0.2) is 0 Å². The van der Waals surface area contributed by atoms with Gasteiger partial charge >= 0.3 is 6.61 Å². The standard InChI is InChI=1S/C13H17F2NO2/c1-17-11-6-2-4-9(12(11)18-13(14)15)8-10-5-3-7-16-10/h2,4,6,10,13,16H,3,5,7-8H2,1H3. The fourth-order valence-corrected chi connectivity index (χ4v) is 2.30. The van der Waals surface area contributed by atoms with E-state index in [4.69, 9.17) is 4.74 Å². The molecule has 18 heavy (non-hydrogen) atoms. The van der Waals surface area contributed by atoms with Crippen molar-refractivity contribution < 1.29 is 18.3 Å². The fourth-order valence-electron chi connectivity index (χ4n) is 2.30. The van der Waals surface area contributed by atoms with Crippen LogP contribution in [0, 0.1) is 0 Å². The summed E-state index contributed by atoms with van der Waals surface area (Å²) in [7, 11) is 1.45. The second kappa shape index (κ2) is 6.00. The minimum absolute atomic E-state index is 0.156. The van der Waals surface area contributed by atoms with Crippen molar-refractivity contribution in [1.82, 2.24) is 5.32 Å². The van der Waals surface area contributed by atoms with Gasteiger partial charge in [-0.05, 0) is 37.4 Å². The van der Waals surface area contributed by atoms with Crippen LogP contribution in [-0.4, -0.2) is 26.3 Å². The van der Waals surface area contributed by atoms with Crippen LogP contribution in [0.2, 0.25) is 0 Å². The first kappa shape index (κ1) is 13.1. The first-order chi connectivity index (χ1) is 8.70. The number of rotatable bonds is 5. The summed E-state index contributed by atoms with van der Waals surface area (Å²) in [5.74, 6) is 0.509. The van der Waals surface area contributed by atoms with E-state index < -0.39 is 6.61 Å². The zero-order valence-electron chi connectivity index (χ0n) is 10.3. The van der Waals surface area contributed by atoms with E-state index in [1.54, 1.807) is 18.2 Å². The Morgan fingerprint density at radius 1 is 1.44 bits per heavy atom. The third-order valence-electron chi connectivity index (χ3n) is 3.12. The van der Waals surface area contributed by atoms with Crippen LogP contribution >= 0.6 is 0 Å². The SMILES string of the molecule is COc1cccc(CC2CCCN2)c1OC(F)F. The number of para-hydroxylation sites is 1. The Bertz CT molecular complexity index is 393. The van der Waals surface area contributed by atoms with Crippen molar-refractivity contribution >= 4 is 0 Å². The number of hydrogen-bond acceptors (Lipinski definition) is 3. The molecule has 0 saturated carbocycles. The van der Waals surface area contributed by atoms with Crippen LogP contribution in [0.5, 0.6) is 11.5 Å². The maximum Gasteiger partial charge on any atom is 0.387 e. The summed E-state index contributed by atoms with van der Waals surface area (Å²) in [6, 6.07) is 5.56. The molecule has 1 aliphatic rings. The quantitative estimate of drug-likeness (QED) is 0.879. The third-order valence-corrected chi connectivity index (χ3v) is 3.12. The molecule has 1 aromatic carbocycles. The van der Waals surface area contributed by atoms with Crippen LogP contribution in [0.15, 0.2) is 18.2 Å². The van der Waals surface area contributed by atoms with E-state index in [2.05, 4.69) is 10.1 Å². The number of hydrogen-bond donors (Lipinski definition) is 1. The van der Waals surface area contributed by atoms with E-state index in [-0.39, 0.29) is 5.75 Å². The molecule has 3 nitrogen and oxygen atoms in total. The van der Waals surface area contributed by atoms with Gasteiger partial charge in [-0.3, -0.25) is 0 Å². The van der Waals surface area contributed by atoms with Gasteiger partial charge in [-0.2, -0.15) is 8.78 Å². The van der Waals surface area contributed by atoms with Crippen LogP contribution < -0.4 is 14.8 Å². The van der Waals surface area contributed by atoms with Crippen LogP contribution in [-0.2, 0) is 6.42 Å². The predicted molar refractivity (Wildman–Crippen MR) is 64.4 cm³/mol. The van der Waals surface area contributed by atoms with Crippen molar-refractivity contribution in [3.8, 4) is 11.5 Å². The molecule has 0 radical (unpaired) electrons. The molecular weight excluding hydrogens is 240 g/mol. The summed E-state index contributed by atoms with van der Waals surface area (Å²) in [6.07, 6.45) is 2.87. The lowest BCUT2D eigenvalue weighted by atomic mass is 10.0. The molecule has 1 saturated heterocycles. The molecule has 1 aromatic rings. The molecule has 5 heteroatoms. The van der Waals surface area contributed by atoms with E-state index in [0.29, 0.717) is 18.2 Å². The number of nitrogens with one attached hydrogen (secondary N) is 1. The highest BCUT2D eigenvalue weighted by atomic mass is 19.3. The number of alkyl halides is 2. The van der Waals surface area contributed by atoms with Crippen molar-refractivity contribution in [2.45, 2.75) is 31.9 Å². The minimum atomic E-state index is -2.84.